The Balaban J connectivity index is 2.30. The third kappa shape index (κ3) is 3.82. The first kappa shape index (κ1) is 12.5. The first-order valence-corrected chi connectivity index (χ1v) is 6.01. The molecule has 3 nitrogen and oxygen atoms in total. The van der Waals surface area contributed by atoms with Crippen molar-refractivity contribution in [3.05, 3.63) is 0 Å². The van der Waals surface area contributed by atoms with E-state index in [1.807, 2.05) is 11.9 Å². The quantitative estimate of drug-likeness (QED) is 0.752. The van der Waals surface area contributed by atoms with Crippen LogP contribution in [0.15, 0.2) is 0 Å². The van der Waals surface area contributed by atoms with Crippen LogP contribution in [-0.4, -0.2) is 30.4 Å². The van der Waals surface area contributed by atoms with Gasteiger partial charge in [-0.25, -0.2) is 0 Å². The van der Waals surface area contributed by atoms with E-state index in [2.05, 4.69) is 13.8 Å². The molecule has 0 saturated heterocycles. The zero-order chi connectivity index (χ0) is 11.4. The van der Waals surface area contributed by atoms with Crippen molar-refractivity contribution < 1.29 is 4.79 Å². The smallest absolute Gasteiger partial charge is 0.239 e. The van der Waals surface area contributed by atoms with Crippen LogP contribution < -0.4 is 5.73 Å². The first-order valence-electron chi connectivity index (χ1n) is 6.01. The predicted octanol–water partition coefficient (Wildman–Crippen LogP) is 1.62. The molecule has 2 N–H and O–H groups in total. The summed E-state index contributed by atoms with van der Waals surface area (Å²) in [4.78, 5) is 13.7. The second-order valence-corrected chi connectivity index (χ2v) is 5.25. The molecule has 1 atom stereocenters. The van der Waals surface area contributed by atoms with Crippen molar-refractivity contribution in [1.82, 2.24) is 4.90 Å². The molecule has 0 heterocycles. The van der Waals surface area contributed by atoms with Gasteiger partial charge in [0.25, 0.3) is 0 Å². The summed E-state index contributed by atoms with van der Waals surface area (Å²) in [5, 5.41) is 0. The highest BCUT2D eigenvalue weighted by Crippen LogP contribution is 2.26. The molecular formula is C12H24N2O. The molecule has 15 heavy (non-hydrogen) atoms. The molecule has 3 heteroatoms. The number of nitrogens with two attached hydrogens (primary N) is 1. The molecule has 0 unspecified atom stereocenters. The van der Waals surface area contributed by atoms with Gasteiger partial charge in [0, 0.05) is 13.6 Å². The van der Waals surface area contributed by atoms with E-state index >= 15 is 0 Å². The highest BCUT2D eigenvalue weighted by molar-refractivity contribution is 5.81. The summed E-state index contributed by atoms with van der Waals surface area (Å²) in [5.74, 6) is 1.32. The molecule has 0 aromatic heterocycles. The molecule has 1 amide bonds. The summed E-state index contributed by atoms with van der Waals surface area (Å²) in [7, 11) is 1.88. The Morgan fingerprint density at radius 3 is 2.47 bits per heavy atom. The van der Waals surface area contributed by atoms with E-state index in [0.717, 1.165) is 18.9 Å². The number of hydrogen-bond donors (Lipinski definition) is 1. The van der Waals surface area contributed by atoms with Crippen molar-refractivity contribution in [3.8, 4) is 0 Å². The molecule has 0 aromatic carbocycles. The molecule has 0 radical (unpaired) electrons. The van der Waals surface area contributed by atoms with Crippen LogP contribution in [0.5, 0.6) is 0 Å². The van der Waals surface area contributed by atoms with E-state index in [0.29, 0.717) is 5.92 Å². The molecule has 1 fully saturated rings. The normalized spacial score (nSPS) is 18.7. The molecule has 1 rings (SSSR count). The Morgan fingerprint density at radius 2 is 2.07 bits per heavy atom. The van der Waals surface area contributed by atoms with Gasteiger partial charge in [-0.15, -0.1) is 0 Å². The molecule has 0 bridgehead atoms. The molecule has 1 aliphatic rings. The predicted molar refractivity (Wildman–Crippen MR) is 62.4 cm³/mol. The third-order valence-electron chi connectivity index (χ3n) is 3.18. The molecule has 1 aliphatic carbocycles. The summed E-state index contributed by atoms with van der Waals surface area (Å²) in [6, 6.07) is -0.310. The summed E-state index contributed by atoms with van der Waals surface area (Å²) >= 11 is 0. The largest absolute Gasteiger partial charge is 0.344 e. The van der Waals surface area contributed by atoms with Gasteiger partial charge in [0.2, 0.25) is 5.91 Å². The Kier molecular flexibility index (Phi) is 4.58. The zero-order valence-corrected chi connectivity index (χ0v) is 10.2. The Bertz CT molecular complexity index is 212. The summed E-state index contributed by atoms with van der Waals surface area (Å²) in [6.07, 6.45) is 4.66. The van der Waals surface area contributed by atoms with E-state index in [-0.39, 0.29) is 11.9 Å². The minimum Gasteiger partial charge on any atom is -0.344 e. The lowest BCUT2D eigenvalue weighted by Gasteiger charge is -2.31. The van der Waals surface area contributed by atoms with Crippen LogP contribution >= 0.6 is 0 Å². The lowest BCUT2D eigenvalue weighted by molar-refractivity contribution is -0.132. The van der Waals surface area contributed by atoms with E-state index in [9.17, 15) is 4.79 Å². The van der Waals surface area contributed by atoms with Gasteiger partial charge in [0.15, 0.2) is 0 Å². The maximum Gasteiger partial charge on any atom is 0.239 e. The molecule has 0 aliphatic heterocycles. The monoisotopic (exact) mass is 212 g/mol. The maximum atomic E-state index is 11.9. The van der Waals surface area contributed by atoms with Gasteiger partial charge in [-0.2, -0.15) is 0 Å². The van der Waals surface area contributed by atoms with Crippen LogP contribution in [0.2, 0.25) is 0 Å². The number of nitrogens with zero attached hydrogens (tertiary/aromatic N) is 1. The number of likely N-dealkylation sites (N-methyl/N-ethyl adjacent to an activating group) is 1. The molecule has 88 valence electrons. The lowest BCUT2D eigenvalue weighted by atomic mass is 9.85. The molecule has 0 aromatic rings. The van der Waals surface area contributed by atoms with Crippen molar-refractivity contribution in [1.29, 1.82) is 0 Å². The second kappa shape index (κ2) is 5.50. The van der Waals surface area contributed by atoms with Crippen LogP contribution in [0.1, 0.15) is 39.5 Å². The van der Waals surface area contributed by atoms with Crippen LogP contribution in [0, 0.1) is 11.8 Å². The van der Waals surface area contributed by atoms with E-state index in [4.69, 9.17) is 5.73 Å². The van der Waals surface area contributed by atoms with E-state index in [1.54, 1.807) is 0 Å². The van der Waals surface area contributed by atoms with Gasteiger partial charge >= 0.3 is 0 Å². The fourth-order valence-electron chi connectivity index (χ4n) is 2.04. The third-order valence-corrected chi connectivity index (χ3v) is 3.18. The highest BCUT2D eigenvalue weighted by Gasteiger charge is 2.24. The summed E-state index contributed by atoms with van der Waals surface area (Å²) in [5.41, 5.74) is 5.86. The van der Waals surface area contributed by atoms with Gasteiger partial charge in [-0.3, -0.25) is 4.79 Å². The van der Waals surface area contributed by atoms with Crippen LogP contribution in [0.25, 0.3) is 0 Å². The molecule has 1 saturated carbocycles. The number of rotatable bonds is 5. The fourth-order valence-corrected chi connectivity index (χ4v) is 2.04. The van der Waals surface area contributed by atoms with Crippen molar-refractivity contribution in [3.63, 3.8) is 0 Å². The van der Waals surface area contributed by atoms with Crippen molar-refractivity contribution >= 4 is 5.91 Å². The number of carbonyl (C=O) groups excluding carboxylic acids is 1. The summed E-state index contributed by atoms with van der Waals surface area (Å²) in [6.45, 7) is 5.09. The average Bonchev–Trinajstić information content (AvgIpc) is 2.08. The highest BCUT2D eigenvalue weighted by atomic mass is 16.2. The lowest BCUT2D eigenvalue weighted by Crippen LogP contribution is -2.44. The van der Waals surface area contributed by atoms with E-state index in [1.165, 1.54) is 19.3 Å². The zero-order valence-electron chi connectivity index (χ0n) is 10.2. The SMILES string of the molecule is CC(C)C[C@@H](N)C(=O)N(C)CC1CCC1. The van der Waals surface area contributed by atoms with Gasteiger partial charge in [0.05, 0.1) is 6.04 Å². The minimum atomic E-state index is -0.310. The van der Waals surface area contributed by atoms with Crippen LogP contribution in [-0.2, 0) is 4.79 Å². The van der Waals surface area contributed by atoms with Crippen LogP contribution in [0.4, 0.5) is 0 Å². The Morgan fingerprint density at radius 1 is 1.47 bits per heavy atom. The Hall–Kier alpha value is -0.570. The number of hydrogen-bond acceptors (Lipinski definition) is 2. The molecule has 0 spiro atoms. The molecular weight excluding hydrogens is 188 g/mol. The van der Waals surface area contributed by atoms with E-state index < -0.39 is 0 Å². The van der Waals surface area contributed by atoms with Crippen molar-refractivity contribution in [2.45, 2.75) is 45.6 Å². The van der Waals surface area contributed by atoms with Crippen molar-refractivity contribution in [2.75, 3.05) is 13.6 Å². The second-order valence-electron chi connectivity index (χ2n) is 5.25. The summed E-state index contributed by atoms with van der Waals surface area (Å²) < 4.78 is 0. The van der Waals surface area contributed by atoms with Crippen molar-refractivity contribution in [2.24, 2.45) is 17.6 Å². The maximum absolute atomic E-state index is 11.9. The Labute approximate surface area is 93.0 Å². The van der Waals surface area contributed by atoms with Crippen LogP contribution in [0.3, 0.4) is 0 Å². The average molecular weight is 212 g/mol. The minimum absolute atomic E-state index is 0.107. The first-order chi connectivity index (χ1) is 7.00. The van der Waals surface area contributed by atoms with Gasteiger partial charge in [-0.05, 0) is 31.1 Å². The standard InChI is InChI=1S/C12H24N2O/c1-9(2)7-11(13)12(15)14(3)8-10-5-4-6-10/h9-11H,4-8,13H2,1-3H3/t11-/m1/s1. The van der Waals surface area contributed by atoms with Gasteiger partial charge < -0.3 is 10.6 Å². The number of amides is 1. The number of carbonyl (C=O) groups is 1. The van der Waals surface area contributed by atoms with Gasteiger partial charge in [-0.1, -0.05) is 20.3 Å². The van der Waals surface area contributed by atoms with Gasteiger partial charge in [0.1, 0.15) is 0 Å². The topological polar surface area (TPSA) is 46.3 Å². The fraction of sp³-hybridized carbons (Fsp3) is 0.917.